The summed E-state index contributed by atoms with van der Waals surface area (Å²) < 4.78 is 24.7. The molecule has 2 atom stereocenters. The summed E-state index contributed by atoms with van der Waals surface area (Å²) in [6, 6.07) is -1.03. The fourth-order valence-corrected chi connectivity index (χ4v) is 2.10. The highest BCUT2D eigenvalue weighted by Crippen LogP contribution is 2.29. The number of carbonyl (C=O) groups excluding carboxylic acids is 2. The summed E-state index contributed by atoms with van der Waals surface area (Å²) in [5.74, 6) is -0.616. The fraction of sp³-hybridized carbons (Fsp3) is 0.733. The minimum absolute atomic E-state index is 0.0930. The number of carbonyl (C=O) groups is 2. The summed E-state index contributed by atoms with van der Waals surface area (Å²) in [6.45, 7) is 7.44. The maximum Gasteiger partial charge on any atom is 0.407 e. The van der Waals surface area contributed by atoms with Crippen LogP contribution in [-0.4, -0.2) is 42.5 Å². The highest BCUT2D eigenvalue weighted by Gasteiger charge is 2.44. The Labute approximate surface area is 130 Å². The number of halogens is 1. The second-order valence-corrected chi connectivity index (χ2v) is 6.14. The Morgan fingerprint density at radius 1 is 1.41 bits per heavy atom. The Morgan fingerprint density at radius 2 is 2.09 bits per heavy atom. The first-order valence-electron chi connectivity index (χ1n) is 7.44. The molecular weight excluding hydrogens is 291 g/mol. The van der Waals surface area contributed by atoms with Crippen molar-refractivity contribution in [2.45, 2.75) is 57.8 Å². The van der Waals surface area contributed by atoms with E-state index >= 15 is 0 Å². The van der Waals surface area contributed by atoms with E-state index in [9.17, 15) is 14.0 Å². The first-order valence-corrected chi connectivity index (χ1v) is 7.44. The van der Waals surface area contributed by atoms with E-state index in [1.807, 2.05) is 0 Å². The largest absolute Gasteiger partial charge is 0.464 e. The summed E-state index contributed by atoms with van der Waals surface area (Å²) in [4.78, 5) is 23.2. The van der Waals surface area contributed by atoms with Gasteiger partial charge in [0.25, 0.3) is 0 Å². The van der Waals surface area contributed by atoms with Crippen LogP contribution >= 0.6 is 0 Å². The van der Waals surface area contributed by atoms with E-state index in [0.717, 1.165) is 0 Å². The summed E-state index contributed by atoms with van der Waals surface area (Å²) in [6.07, 6.45) is 2.67. The predicted octanol–water partition coefficient (Wildman–Crippen LogP) is 2.05. The lowest BCUT2D eigenvalue weighted by molar-refractivity contribution is -0.148. The minimum Gasteiger partial charge on any atom is -0.464 e. The number of alkyl halides is 1. The van der Waals surface area contributed by atoms with Crippen molar-refractivity contribution in [2.24, 2.45) is 0 Å². The third kappa shape index (κ3) is 5.54. The van der Waals surface area contributed by atoms with Crippen molar-refractivity contribution in [3.63, 3.8) is 0 Å². The molecule has 0 radical (unpaired) electrons. The summed E-state index contributed by atoms with van der Waals surface area (Å²) in [5, 5.41) is 5.23. The lowest BCUT2D eigenvalue weighted by Gasteiger charge is -2.25. The standard InChI is InChI=1S/C15H25FN2O4/c1-5-21-12(19)11-15(16,8-10-17-11)7-6-9-18-13(20)22-14(2,3)4/h8,10-11,17H,5-7,9H2,1-4H3,(H,18,20). The molecule has 0 aromatic carbocycles. The van der Waals surface area contributed by atoms with Crippen LogP contribution < -0.4 is 10.6 Å². The van der Waals surface area contributed by atoms with Gasteiger partial charge in [0.15, 0.2) is 11.7 Å². The van der Waals surface area contributed by atoms with Crippen molar-refractivity contribution in [3.05, 3.63) is 12.3 Å². The van der Waals surface area contributed by atoms with Gasteiger partial charge in [0.2, 0.25) is 0 Å². The number of hydrogen-bond donors (Lipinski definition) is 2. The van der Waals surface area contributed by atoms with Gasteiger partial charge in [-0.1, -0.05) is 0 Å². The number of alkyl carbamates (subject to hydrolysis) is 1. The van der Waals surface area contributed by atoms with Gasteiger partial charge in [-0.25, -0.2) is 14.0 Å². The van der Waals surface area contributed by atoms with Crippen LogP contribution in [0, 0.1) is 0 Å². The van der Waals surface area contributed by atoms with E-state index < -0.39 is 29.4 Å². The van der Waals surface area contributed by atoms with E-state index in [1.54, 1.807) is 27.7 Å². The van der Waals surface area contributed by atoms with Crippen LogP contribution in [0.3, 0.4) is 0 Å². The van der Waals surface area contributed by atoms with Gasteiger partial charge in [0.1, 0.15) is 5.60 Å². The van der Waals surface area contributed by atoms with E-state index in [2.05, 4.69) is 10.6 Å². The van der Waals surface area contributed by atoms with E-state index in [4.69, 9.17) is 9.47 Å². The molecule has 0 aromatic heterocycles. The summed E-state index contributed by atoms with van der Waals surface area (Å²) in [5.41, 5.74) is -2.37. The number of esters is 1. The van der Waals surface area contributed by atoms with Crippen LogP contribution in [-0.2, 0) is 14.3 Å². The van der Waals surface area contributed by atoms with E-state index in [-0.39, 0.29) is 19.6 Å². The highest BCUT2D eigenvalue weighted by molar-refractivity contribution is 5.79. The maximum absolute atomic E-state index is 14.8. The molecule has 0 saturated heterocycles. The zero-order valence-corrected chi connectivity index (χ0v) is 13.6. The molecule has 126 valence electrons. The Balaban J connectivity index is 2.38. The molecule has 22 heavy (non-hydrogen) atoms. The average Bonchev–Trinajstić information content (AvgIpc) is 2.75. The molecule has 0 spiro atoms. The summed E-state index contributed by atoms with van der Waals surface area (Å²) >= 11 is 0. The Hall–Kier alpha value is -1.79. The van der Waals surface area contributed by atoms with Gasteiger partial charge in [-0.3, -0.25) is 0 Å². The first-order chi connectivity index (χ1) is 10.2. The number of ether oxygens (including phenoxy) is 2. The Bertz CT molecular complexity index is 434. The molecule has 0 bridgehead atoms. The normalized spacial score (nSPS) is 23.8. The Morgan fingerprint density at radius 3 is 2.68 bits per heavy atom. The third-order valence-corrected chi connectivity index (χ3v) is 3.03. The minimum atomic E-state index is -1.80. The average molecular weight is 316 g/mol. The van der Waals surface area contributed by atoms with Crippen LogP contribution in [0.1, 0.15) is 40.5 Å². The predicted molar refractivity (Wildman–Crippen MR) is 80.0 cm³/mol. The van der Waals surface area contributed by atoms with Crippen molar-refractivity contribution < 1.29 is 23.5 Å². The number of nitrogens with one attached hydrogen (secondary N) is 2. The van der Waals surface area contributed by atoms with Crippen molar-refractivity contribution >= 4 is 12.1 Å². The van der Waals surface area contributed by atoms with E-state index in [0.29, 0.717) is 6.42 Å². The van der Waals surface area contributed by atoms with Gasteiger partial charge >= 0.3 is 12.1 Å². The second kappa shape index (κ2) is 7.47. The summed E-state index contributed by atoms with van der Waals surface area (Å²) in [7, 11) is 0. The molecule has 1 aliphatic heterocycles. The highest BCUT2D eigenvalue weighted by atomic mass is 19.1. The van der Waals surface area contributed by atoms with Gasteiger partial charge in [0.05, 0.1) is 6.61 Å². The fourth-order valence-electron chi connectivity index (χ4n) is 2.10. The number of rotatable bonds is 6. The number of hydrogen-bond acceptors (Lipinski definition) is 5. The molecule has 0 fully saturated rings. The Kier molecular flexibility index (Phi) is 6.20. The van der Waals surface area contributed by atoms with Gasteiger partial charge in [-0.15, -0.1) is 0 Å². The smallest absolute Gasteiger partial charge is 0.407 e. The first kappa shape index (κ1) is 18.3. The van der Waals surface area contributed by atoms with Crippen LogP contribution in [0.5, 0.6) is 0 Å². The van der Waals surface area contributed by atoms with Gasteiger partial charge in [-0.2, -0.15) is 0 Å². The lowest BCUT2D eigenvalue weighted by Crippen LogP contribution is -2.47. The topological polar surface area (TPSA) is 76.7 Å². The molecule has 2 N–H and O–H groups in total. The lowest BCUT2D eigenvalue weighted by atomic mass is 9.93. The molecule has 6 nitrogen and oxygen atoms in total. The molecule has 2 unspecified atom stereocenters. The van der Waals surface area contributed by atoms with Crippen LogP contribution in [0.2, 0.25) is 0 Å². The molecule has 1 heterocycles. The molecule has 0 saturated carbocycles. The van der Waals surface area contributed by atoms with Crippen LogP contribution in [0.15, 0.2) is 12.3 Å². The maximum atomic E-state index is 14.8. The van der Waals surface area contributed by atoms with Crippen molar-refractivity contribution in [2.75, 3.05) is 13.2 Å². The molecular formula is C15H25FN2O4. The van der Waals surface area contributed by atoms with Crippen LogP contribution in [0.25, 0.3) is 0 Å². The van der Waals surface area contributed by atoms with Crippen LogP contribution in [0.4, 0.5) is 9.18 Å². The van der Waals surface area contributed by atoms with Gasteiger partial charge < -0.3 is 20.1 Å². The molecule has 7 heteroatoms. The van der Waals surface area contributed by atoms with Gasteiger partial charge in [-0.05, 0) is 52.8 Å². The molecule has 1 rings (SSSR count). The molecule has 0 aliphatic carbocycles. The molecule has 1 aliphatic rings. The van der Waals surface area contributed by atoms with E-state index in [1.165, 1.54) is 12.3 Å². The SMILES string of the molecule is CCOC(=O)C1NC=CC1(F)CCCNC(=O)OC(C)(C)C. The second-order valence-electron chi connectivity index (χ2n) is 6.14. The van der Waals surface area contributed by atoms with Gasteiger partial charge in [0, 0.05) is 6.54 Å². The zero-order valence-electron chi connectivity index (χ0n) is 13.6. The molecule has 1 amide bonds. The van der Waals surface area contributed by atoms with Crippen molar-refractivity contribution in [1.29, 1.82) is 0 Å². The monoisotopic (exact) mass is 316 g/mol. The molecule has 0 aromatic rings. The quantitative estimate of drug-likeness (QED) is 0.579. The number of amides is 1. The third-order valence-electron chi connectivity index (χ3n) is 3.03. The van der Waals surface area contributed by atoms with Crippen molar-refractivity contribution in [1.82, 2.24) is 10.6 Å². The zero-order chi connectivity index (χ0) is 16.8. The van der Waals surface area contributed by atoms with Crippen molar-refractivity contribution in [3.8, 4) is 0 Å².